The van der Waals surface area contributed by atoms with Crippen LogP contribution in [0.15, 0.2) is 30.3 Å². The molecule has 0 unspecified atom stereocenters. The summed E-state index contributed by atoms with van der Waals surface area (Å²) < 4.78 is 5.81. The molecule has 1 aliphatic carbocycles. The van der Waals surface area contributed by atoms with E-state index in [1.165, 1.54) is 12.0 Å². The van der Waals surface area contributed by atoms with Crippen molar-refractivity contribution in [3.63, 3.8) is 0 Å². The van der Waals surface area contributed by atoms with Gasteiger partial charge in [-0.1, -0.05) is 30.3 Å². The number of hydrogen-bond donors (Lipinski definition) is 1. The molecule has 1 aromatic carbocycles. The molecule has 0 bridgehead atoms. The second-order valence-electron chi connectivity index (χ2n) is 4.59. The van der Waals surface area contributed by atoms with Gasteiger partial charge in [-0.25, -0.2) is 0 Å². The van der Waals surface area contributed by atoms with E-state index in [0.717, 1.165) is 32.3 Å². The largest absolute Gasteiger partial charge is 0.377 e. The number of hydrogen-bond acceptors (Lipinski definition) is 2. The highest BCUT2D eigenvalue weighted by atomic mass is 16.5. The molecular formula is C14H21NO. The molecule has 0 heterocycles. The lowest BCUT2D eigenvalue weighted by Gasteiger charge is -2.16. The maximum Gasteiger partial charge on any atom is 0.0725 e. The molecule has 0 aliphatic heterocycles. The zero-order chi connectivity index (χ0) is 11.2. The van der Waals surface area contributed by atoms with Crippen molar-refractivity contribution in [3.8, 4) is 0 Å². The Morgan fingerprint density at radius 3 is 2.69 bits per heavy atom. The lowest BCUT2D eigenvalue weighted by atomic mass is 10.1. The quantitative estimate of drug-likeness (QED) is 0.772. The van der Waals surface area contributed by atoms with E-state index in [2.05, 4.69) is 30.3 Å². The number of rotatable bonds is 5. The molecule has 16 heavy (non-hydrogen) atoms. The molecule has 0 amide bonds. The summed E-state index contributed by atoms with van der Waals surface area (Å²) >= 11 is 0. The van der Waals surface area contributed by atoms with Crippen LogP contribution in [0.2, 0.25) is 0 Å². The lowest BCUT2D eigenvalue weighted by Crippen LogP contribution is -2.31. The maximum atomic E-state index is 5.95. The fourth-order valence-corrected chi connectivity index (χ4v) is 2.32. The molecule has 0 aromatic heterocycles. The van der Waals surface area contributed by atoms with Crippen LogP contribution < -0.4 is 5.73 Å². The summed E-state index contributed by atoms with van der Waals surface area (Å²) in [7, 11) is 0. The smallest absolute Gasteiger partial charge is 0.0725 e. The number of aryl methyl sites for hydroxylation is 1. The third-order valence-corrected chi connectivity index (χ3v) is 3.29. The molecule has 2 rings (SSSR count). The number of nitrogens with two attached hydrogens (primary N) is 1. The molecule has 0 spiro atoms. The molecule has 1 aromatic rings. The van der Waals surface area contributed by atoms with Gasteiger partial charge in [0.15, 0.2) is 0 Å². The van der Waals surface area contributed by atoms with Gasteiger partial charge < -0.3 is 10.5 Å². The standard InChI is InChI=1S/C14H21NO/c15-13-9-4-10-14(13)16-11-5-8-12-6-2-1-3-7-12/h1-3,6-7,13-14H,4-5,8-11,15H2/t13-,14-/m0/s1. The molecule has 0 saturated heterocycles. The first-order chi connectivity index (χ1) is 7.86. The molecule has 1 saturated carbocycles. The molecule has 2 nitrogen and oxygen atoms in total. The first-order valence-electron chi connectivity index (χ1n) is 6.27. The van der Waals surface area contributed by atoms with E-state index in [0.29, 0.717) is 6.10 Å². The first kappa shape index (κ1) is 11.6. The van der Waals surface area contributed by atoms with Crippen LogP contribution in [0.5, 0.6) is 0 Å². The van der Waals surface area contributed by atoms with Crippen molar-refractivity contribution >= 4 is 0 Å². The minimum atomic E-state index is 0.275. The highest BCUT2D eigenvalue weighted by molar-refractivity contribution is 5.14. The van der Waals surface area contributed by atoms with Crippen molar-refractivity contribution in [1.82, 2.24) is 0 Å². The zero-order valence-corrected chi connectivity index (χ0v) is 9.77. The summed E-state index contributed by atoms with van der Waals surface area (Å²) in [5.74, 6) is 0. The van der Waals surface area contributed by atoms with Crippen molar-refractivity contribution in [2.24, 2.45) is 5.73 Å². The Bertz CT molecular complexity index is 299. The summed E-state index contributed by atoms with van der Waals surface area (Å²) in [5, 5.41) is 0. The van der Waals surface area contributed by atoms with Crippen molar-refractivity contribution < 1.29 is 4.74 Å². The van der Waals surface area contributed by atoms with Crippen molar-refractivity contribution in [2.45, 2.75) is 44.2 Å². The summed E-state index contributed by atoms with van der Waals surface area (Å²) in [6, 6.07) is 10.8. The Labute approximate surface area is 97.8 Å². The maximum absolute atomic E-state index is 5.95. The summed E-state index contributed by atoms with van der Waals surface area (Å²) in [5.41, 5.74) is 7.34. The SMILES string of the molecule is N[C@H]1CCC[C@@H]1OCCCc1ccccc1. The summed E-state index contributed by atoms with van der Waals surface area (Å²) in [6.07, 6.45) is 6.01. The van der Waals surface area contributed by atoms with E-state index in [-0.39, 0.29) is 6.04 Å². The molecular weight excluding hydrogens is 198 g/mol. The molecule has 0 radical (unpaired) electrons. The third-order valence-electron chi connectivity index (χ3n) is 3.29. The molecule has 2 heteroatoms. The Morgan fingerprint density at radius 2 is 2.00 bits per heavy atom. The van der Waals surface area contributed by atoms with Crippen LogP contribution >= 0.6 is 0 Å². The van der Waals surface area contributed by atoms with Gasteiger partial charge in [0.2, 0.25) is 0 Å². The van der Waals surface area contributed by atoms with Crippen LogP contribution in [-0.4, -0.2) is 18.8 Å². The summed E-state index contributed by atoms with van der Waals surface area (Å²) in [6.45, 7) is 0.841. The second kappa shape index (κ2) is 6.02. The predicted octanol–water partition coefficient (Wildman–Crippen LogP) is 2.52. The van der Waals surface area contributed by atoms with Gasteiger partial charge in [-0.3, -0.25) is 0 Å². The van der Waals surface area contributed by atoms with Crippen LogP contribution in [0.4, 0.5) is 0 Å². The van der Waals surface area contributed by atoms with Gasteiger partial charge in [-0.05, 0) is 37.7 Å². The van der Waals surface area contributed by atoms with E-state index in [9.17, 15) is 0 Å². The Balaban J connectivity index is 1.62. The van der Waals surface area contributed by atoms with E-state index in [1.807, 2.05) is 0 Å². The van der Waals surface area contributed by atoms with Crippen molar-refractivity contribution in [1.29, 1.82) is 0 Å². The van der Waals surface area contributed by atoms with Gasteiger partial charge in [0.05, 0.1) is 6.10 Å². The van der Waals surface area contributed by atoms with E-state index in [1.54, 1.807) is 0 Å². The van der Waals surface area contributed by atoms with Crippen molar-refractivity contribution in [3.05, 3.63) is 35.9 Å². The molecule has 88 valence electrons. The Morgan fingerprint density at radius 1 is 1.19 bits per heavy atom. The van der Waals surface area contributed by atoms with Crippen LogP contribution in [-0.2, 0) is 11.2 Å². The van der Waals surface area contributed by atoms with E-state index in [4.69, 9.17) is 10.5 Å². The minimum Gasteiger partial charge on any atom is -0.377 e. The van der Waals surface area contributed by atoms with Gasteiger partial charge in [0, 0.05) is 12.6 Å². The molecule has 1 fully saturated rings. The fourth-order valence-electron chi connectivity index (χ4n) is 2.32. The average molecular weight is 219 g/mol. The lowest BCUT2D eigenvalue weighted by molar-refractivity contribution is 0.0467. The highest BCUT2D eigenvalue weighted by Gasteiger charge is 2.23. The Hall–Kier alpha value is -0.860. The van der Waals surface area contributed by atoms with Gasteiger partial charge in [0.25, 0.3) is 0 Å². The van der Waals surface area contributed by atoms with E-state index < -0.39 is 0 Å². The van der Waals surface area contributed by atoms with Gasteiger partial charge >= 0.3 is 0 Å². The average Bonchev–Trinajstić information content (AvgIpc) is 2.72. The fraction of sp³-hybridized carbons (Fsp3) is 0.571. The first-order valence-corrected chi connectivity index (χ1v) is 6.27. The normalized spacial score (nSPS) is 24.8. The van der Waals surface area contributed by atoms with E-state index >= 15 is 0 Å². The second-order valence-corrected chi connectivity index (χ2v) is 4.59. The van der Waals surface area contributed by atoms with Crippen LogP contribution in [0.25, 0.3) is 0 Å². The molecule has 2 N–H and O–H groups in total. The monoisotopic (exact) mass is 219 g/mol. The minimum absolute atomic E-state index is 0.275. The zero-order valence-electron chi connectivity index (χ0n) is 9.77. The van der Waals surface area contributed by atoms with Gasteiger partial charge in [-0.15, -0.1) is 0 Å². The highest BCUT2D eigenvalue weighted by Crippen LogP contribution is 2.20. The van der Waals surface area contributed by atoms with Gasteiger partial charge in [-0.2, -0.15) is 0 Å². The third kappa shape index (κ3) is 3.32. The van der Waals surface area contributed by atoms with Gasteiger partial charge in [0.1, 0.15) is 0 Å². The van der Waals surface area contributed by atoms with Crippen molar-refractivity contribution in [2.75, 3.05) is 6.61 Å². The number of ether oxygens (including phenoxy) is 1. The molecule has 1 aliphatic rings. The Kier molecular flexibility index (Phi) is 4.37. The topological polar surface area (TPSA) is 35.2 Å². The molecule has 2 atom stereocenters. The predicted molar refractivity (Wildman–Crippen MR) is 66.3 cm³/mol. The van der Waals surface area contributed by atoms with Crippen LogP contribution in [0, 0.1) is 0 Å². The summed E-state index contributed by atoms with van der Waals surface area (Å²) in [4.78, 5) is 0. The number of benzene rings is 1. The van der Waals surface area contributed by atoms with Crippen LogP contribution in [0.3, 0.4) is 0 Å². The van der Waals surface area contributed by atoms with Crippen LogP contribution in [0.1, 0.15) is 31.2 Å².